The van der Waals surface area contributed by atoms with Crippen LogP contribution < -0.4 is 20.9 Å². The smallest absolute Gasteiger partial charge is 0.416 e. The molecule has 166 valence electrons. The molecule has 1 unspecified atom stereocenters. The van der Waals surface area contributed by atoms with Crippen molar-refractivity contribution in [2.75, 3.05) is 34.8 Å². The fourth-order valence-electron chi connectivity index (χ4n) is 3.86. The number of cyclic esters (lactones) is 1. The number of nitrogens with zero attached hydrogens (tertiary/aromatic N) is 4. The Balaban J connectivity index is 1.74. The Labute approximate surface area is 177 Å². The maximum atomic E-state index is 13.4. The molecule has 0 bridgehead atoms. The van der Waals surface area contributed by atoms with E-state index in [0.717, 1.165) is 28.4 Å². The number of likely N-dealkylation sites (N-methyl/N-ethyl adjacent to an activating group) is 1. The van der Waals surface area contributed by atoms with Crippen molar-refractivity contribution in [3.63, 3.8) is 0 Å². The Morgan fingerprint density at radius 2 is 2.16 bits per heavy atom. The molecule has 2 aliphatic heterocycles. The topological polar surface area (TPSA) is 106 Å². The molecule has 0 aliphatic carbocycles. The molecule has 2 aliphatic rings. The number of halogens is 2. The normalized spacial score (nSPS) is 19.0. The van der Waals surface area contributed by atoms with Gasteiger partial charge in [0.2, 0.25) is 5.91 Å². The lowest BCUT2D eigenvalue weighted by atomic mass is 10.1. The lowest BCUT2D eigenvalue weighted by molar-refractivity contribution is -0.118. The number of nitrogens with two attached hydrogens (primary N) is 1. The van der Waals surface area contributed by atoms with Gasteiger partial charge in [0.25, 0.3) is 6.43 Å². The molecule has 1 saturated heterocycles. The minimum Gasteiger partial charge on any atom is -0.447 e. The Kier molecular flexibility index (Phi) is 5.42. The number of anilines is 3. The van der Waals surface area contributed by atoms with Gasteiger partial charge in [-0.05, 0) is 32.0 Å². The number of alkyl halides is 2. The van der Waals surface area contributed by atoms with Gasteiger partial charge in [0.1, 0.15) is 24.5 Å². The standard InChI is InChI=1S/C20H24F2N6O3/c1-3-26-6-7-27-9-16(28-15(17(21)22)10-31-20(28)30)25-19(27)13-5-4-12(8-14(13)26)24-11(2)18(23)29/h4-5,8-9,11,15,17,24H,3,6-7,10H2,1-2H3,(H2,23,29)/t11-,15?/m0/s1. The number of rotatable bonds is 6. The van der Waals surface area contributed by atoms with Crippen molar-refractivity contribution in [3.05, 3.63) is 24.4 Å². The van der Waals surface area contributed by atoms with Gasteiger partial charge in [-0.3, -0.25) is 4.79 Å². The summed E-state index contributed by atoms with van der Waals surface area (Å²) in [5.74, 6) is 0.250. The molecule has 1 aromatic carbocycles. The predicted octanol–water partition coefficient (Wildman–Crippen LogP) is 2.27. The van der Waals surface area contributed by atoms with E-state index in [0.29, 0.717) is 18.9 Å². The van der Waals surface area contributed by atoms with Gasteiger partial charge in [-0.15, -0.1) is 0 Å². The molecule has 31 heavy (non-hydrogen) atoms. The van der Waals surface area contributed by atoms with Gasteiger partial charge in [-0.2, -0.15) is 0 Å². The number of hydrogen-bond donors (Lipinski definition) is 2. The zero-order valence-electron chi connectivity index (χ0n) is 17.2. The number of nitrogens with one attached hydrogen (secondary N) is 1. The maximum absolute atomic E-state index is 13.4. The summed E-state index contributed by atoms with van der Waals surface area (Å²) in [6.45, 7) is 5.30. The first kappa shape index (κ1) is 20.9. The number of fused-ring (bicyclic) bond motifs is 3. The van der Waals surface area contributed by atoms with E-state index >= 15 is 0 Å². The van der Waals surface area contributed by atoms with Crippen molar-refractivity contribution < 1.29 is 23.1 Å². The number of ether oxygens (including phenoxy) is 1. The lowest BCUT2D eigenvalue weighted by Crippen LogP contribution is -2.38. The highest BCUT2D eigenvalue weighted by molar-refractivity contribution is 5.90. The molecule has 1 fully saturated rings. The number of aromatic nitrogens is 2. The molecule has 0 saturated carbocycles. The molecule has 11 heteroatoms. The van der Waals surface area contributed by atoms with Crippen LogP contribution in [0.3, 0.4) is 0 Å². The van der Waals surface area contributed by atoms with E-state index in [2.05, 4.69) is 15.2 Å². The van der Waals surface area contributed by atoms with Crippen molar-refractivity contribution in [2.24, 2.45) is 5.73 Å². The molecule has 4 rings (SSSR count). The van der Waals surface area contributed by atoms with Crippen LogP contribution in [0.4, 0.5) is 30.8 Å². The highest BCUT2D eigenvalue weighted by Gasteiger charge is 2.42. The fraction of sp³-hybridized carbons (Fsp3) is 0.450. The van der Waals surface area contributed by atoms with E-state index in [9.17, 15) is 18.4 Å². The minimum absolute atomic E-state index is 0.142. The van der Waals surface area contributed by atoms with E-state index in [1.807, 2.05) is 29.7 Å². The monoisotopic (exact) mass is 434 g/mol. The van der Waals surface area contributed by atoms with E-state index in [4.69, 9.17) is 10.5 Å². The van der Waals surface area contributed by atoms with E-state index in [1.165, 1.54) is 0 Å². The molecule has 2 aromatic rings. The van der Waals surface area contributed by atoms with Crippen LogP contribution in [0.15, 0.2) is 24.4 Å². The Morgan fingerprint density at radius 3 is 2.84 bits per heavy atom. The van der Waals surface area contributed by atoms with Crippen LogP contribution in [-0.4, -0.2) is 59.8 Å². The van der Waals surface area contributed by atoms with Crippen LogP contribution in [0.5, 0.6) is 0 Å². The summed E-state index contributed by atoms with van der Waals surface area (Å²) < 4.78 is 33.5. The van der Waals surface area contributed by atoms with Gasteiger partial charge >= 0.3 is 6.09 Å². The summed E-state index contributed by atoms with van der Waals surface area (Å²) in [5.41, 5.74) is 7.75. The van der Waals surface area contributed by atoms with Crippen molar-refractivity contribution in [2.45, 2.75) is 38.9 Å². The first-order valence-electron chi connectivity index (χ1n) is 10.1. The van der Waals surface area contributed by atoms with Crippen LogP contribution in [0, 0.1) is 0 Å². The van der Waals surface area contributed by atoms with Gasteiger partial charge in [0.15, 0.2) is 5.82 Å². The summed E-state index contributed by atoms with van der Waals surface area (Å²) >= 11 is 0. The van der Waals surface area contributed by atoms with E-state index < -0.39 is 30.5 Å². The molecule has 2 amide bonds. The van der Waals surface area contributed by atoms with E-state index in [1.54, 1.807) is 13.1 Å². The fourth-order valence-corrected chi connectivity index (χ4v) is 3.86. The second-order valence-corrected chi connectivity index (χ2v) is 7.54. The average molecular weight is 434 g/mol. The van der Waals surface area contributed by atoms with Crippen molar-refractivity contribution in [1.29, 1.82) is 0 Å². The number of primary amides is 1. The summed E-state index contributed by atoms with van der Waals surface area (Å²) in [5, 5.41) is 3.07. The van der Waals surface area contributed by atoms with Crippen molar-refractivity contribution in [1.82, 2.24) is 9.55 Å². The number of benzene rings is 1. The van der Waals surface area contributed by atoms with Gasteiger partial charge in [0.05, 0.1) is 0 Å². The number of carbonyl (C=O) groups excluding carboxylic acids is 2. The molecule has 0 spiro atoms. The molecule has 3 heterocycles. The maximum Gasteiger partial charge on any atom is 0.416 e. The largest absolute Gasteiger partial charge is 0.447 e. The summed E-state index contributed by atoms with van der Waals surface area (Å²) in [4.78, 5) is 31.1. The highest BCUT2D eigenvalue weighted by Crippen LogP contribution is 2.37. The van der Waals surface area contributed by atoms with Crippen LogP contribution >= 0.6 is 0 Å². The third-order valence-electron chi connectivity index (χ3n) is 5.59. The quantitative estimate of drug-likeness (QED) is 0.723. The number of hydrogen-bond acceptors (Lipinski definition) is 6. The number of imidazole rings is 1. The first-order chi connectivity index (χ1) is 14.8. The van der Waals surface area contributed by atoms with Gasteiger partial charge < -0.3 is 25.3 Å². The Bertz CT molecular complexity index is 1010. The molecular formula is C20H24F2N6O3. The summed E-state index contributed by atoms with van der Waals surface area (Å²) in [7, 11) is 0. The van der Waals surface area contributed by atoms with Crippen LogP contribution in [0.1, 0.15) is 13.8 Å². The first-order valence-corrected chi connectivity index (χ1v) is 10.1. The molecule has 0 radical (unpaired) electrons. The van der Waals surface area contributed by atoms with Crippen molar-refractivity contribution in [3.8, 4) is 11.4 Å². The Morgan fingerprint density at radius 1 is 1.39 bits per heavy atom. The molecular weight excluding hydrogens is 410 g/mol. The van der Waals surface area contributed by atoms with Crippen LogP contribution in [0.2, 0.25) is 0 Å². The Hall–Kier alpha value is -3.37. The number of amides is 2. The summed E-state index contributed by atoms with van der Waals surface area (Å²) in [6.07, 6.45) is -1.95. The van der Waals surface area contributed by atoms with Gasteiger partial charge in [-0.25, -0.2) is 23.5 Å². The van der Waals surface area contributed by atoms with Crippen molar-refractivity contribution >= 4 is 29.2 Å². The predicted molar refractivity (Wildman–Crippen MR) is 111 cm³/mol. The minimum atomic E-state index is -2.74. The molecule has 1 aromatic heterocycles. The molecule has 2 atom stereocenters. The van der Waals surface area contributed by atoms with Crippen LogP contribution in [0.25, 0.3) is 11.4 Å². The second kappa shape index (κ2) is 8.05. The third-order valence-corrected chi connectivity index (χ3v) is 5.59. The summed E-state index contributed by atoms with van der Waals surface area (Å²) in [6, 6.07) is 3.67. The number of carbonyl (C=O) groups is 2. The zero-order valence-corrected chi connectivity index (χ0v) is 17.2. The van der Waals surface area contributed by atoms with E-state index in [-0.39, 0.29) is 12.4 Å². The highest BCUT2D eigenvalue weighted by atomic mass is 19.3. The lowest BCUT2D eigenvalue weighted by Gasteiger charge is -2.24. The van der Waals surface area contributed by atoms with Crippen LogP contribution in [-0.2, 0) is 16.1 Å². The van der Waals surface area contributed by atoms with Gasteiger partial charge in [0, 0.05) is 42.8 Å². The molecule has 9 nitrogen and oxygen atoms in total. The SMILES string of the molecule is CCN1CCn2cc(N3C(=O)OCC3C(F)F)nc2-c2ccc(N[C@@H](C)C(N)=O)cc21. The third kappa shape index (κ3) is 3.75. The van der Waals surface area contributed by atoms with Gasteiger partial charge in [-0.1, -0.05) is 0 Å². The zero-order chi connectivity index (χ0) is 22.3. The molecule has 3 N–H and O–H groups in total. The average Bonchev–Trinajstić information content (AvgIpc) is 3.28. The second-order valence-electron chi connectivity index (χ2n) is 7.54.